The van der Waals surface area contributed by atoms with Gasteiger partial charge in [0.15, 0.2) is 0 Å². The lowest BCUT2D eigenvalue weighted by molar-refractivity contribution is -0.145. The van der Waals surface area contributed by atoms with E-state index in [1.165, 1.54) is 19.1 Å². The van der Waals surface area contributed by atoms with E-state index in [-0.39, 0.29) is 25.0 Å². The Kier molecular flexibility index (Phi) is 8.94. The summed E-state index contributed by atoms with van der Waals surface area (Å²) in [6.45, 7) is 11.0. The first-order valence-electron chi connectivity index (χ1n) is 13.8. The fourth-order valence-corrected chi connectivity index (χ4v) is 5.86. The number of carbonyl (C=O) groups is 2. The minimum atomic E-state index is -1.02. The molecule has 2 amide bonds. The SMILES string of the molecule is COc1ccc(CO[C@@H]2C[C@H]([C@H]3OC(C)(C)N(C(C)=O)[C@H]3Cc3cc(F)cc(F)c3)N(C(=O)OC(C)(C)C)C2)cc1. The monoisotopic (exact) mass is 574 g/mol. The van der Waals surface area contributed by atoms with Crippen LogP contribution in [0.5, 0.6) is 5.75 Å². The van der Waals surface area contributed by atoms with Gasteiger partial charge in [-0.25, -0.2) is 13.6 Å². The van der Waals surface area contributed by atoms with Gasteiger partial charge in [0.2, 0.25) is 5.91 Å². The first-order valence-corrected chi connectivity index (χ1v) is 13.8. The molecular formula is C31H40F2N2O6. The summed E-state index contributed by atoms with van der Waals surface area (Å²) in [5.74, 6) is -0.904. The second-order valence-electron chi connectivity index (χ2n) is 12.2. The molecule has 0 N–H and O–H groups in total. The van der Waals surface area contributed by atoms with Crippen LogP contribution < -0.4 is 4.74 Å². The van der Waals surface area contributed by atoms with Crippen LogP contribution in [-0.4, -0.2) is 71.1 Å². The number of methoxy groups -OCH3 is 1. The molecule has 10 heteroatoms. The number of ether oxygens (including phenoxy) is 4. The lowest BCUT2D eigenvalue weighted by Crippen LogP contribution is -2.52. The Morgan fingerprint density at radius 2 is 1.68 bits per heavy atom. The summed E-state index contributed by atoms with van der Waals surface area (Å²) in [4.78, 5) is 29.5. The number of nitrogens with zero attached hydrogens (tertiary/aromatic N) is 2. The maximum Gasteiger partial charge on any atom is 0.410 e. The lowest BCUT2D eigenvalue weighted by Gasteiger charge is -2.34. The molecule has 2 fully saturated rings. The molecule has 41 heavy (non-hydrogen) atoms. The number of likely N-dealkylation sites (tertiary alicyclic amines) is 1. The summed E-state index contributed by atoms with van der Waals surface area (Å²) in [7, 11) is 1.60. The van der Waals surface area contributed by atoms with Crippen LogP contribution in [0.2, 0.25) is 0 Å². The highest BCUT2D eigenvalue weighted by Gasteiger charge is 2.55. The van der Waals surface area contributed by atoms with Crippen molar-refractivity contribution in [3.05, 3.63) is 65.2 Å². The zero-order valence-corrected chi connectivity index (χ0v) is 24.8. The third kappa shape index (κ3) is 7.35. The number of hydrogen-bond donors (Lipinski definition) is 0. The topological polar surface area (TPSA) is 77.5 Å². The van der Waals surface area contributed by atoms with E-state index < -0.39 is 47.2 Å². The molecular weight excluding hydrogens is 534 g/mol. The van der Waals surface area contributed by atoms with Crippen molar-refractivity contribution in [2.75, 3.05) is 13.7 Å². The maximum absolute atomic E-state index is 14.1. The largest absolute Gasteiger partial charge is 0.497 e. The summed E-state index contributed by atoms with van der Waals surface area (Å²) in [5.41, 5.74) is -0.415. The highest BCUT2D eigenvalue weighted by Crippen LogP contribution is 2.40. The Morgan fingerprint density at radius 1 is 1.05 bits per heavy atom. The van der Waals surface area contributed by atoms with E-state index in [0.29, 0.717) is 18.6 Å². The van der Waals surface area contributed by atoms with Crippen LogP contribution in [-0.2, 0) is 32.0 Å². The Labute approximate surface area is 240 Å². The molecule has 2 saturated heterocycles. The van der Waals surface area contributed by atoms with Gasteiger partial charge in [0.05, 0.1) is 38.4 Å². The number of benzene rings is 2. The number of hydrogen-bond acceptors (Lipinski definition) is 6. The molecule has 2 aliphatic rings. The Balaban J connectivity index is 1.63. The van der Waals surface area contributed by atoms with E-state index in [2.05, 4.69) is 0 Å². The number of amides is 2. The van der Waals surface area contributed by atoms with E-state index in [1.54, 1.807) is 51.5 Å². The molecule has 0 saturated carbocycles. The van der Waals surface area contributed by atoms with E-state index in [9.17, 15) is 18.4 Å². The van der Waals surface area contributed by atoms with Gasteiger partial charge in [-0.1, -0.05) is 12.1 Å². The normalized spacial score (nSPS) is 24.0. The van der Waals surface area contributed by atoms with E-state index in [1.807, 2.05) is 24.3 Å². The van der Waals surface area contributed by atoms with Crippen LogP contribution in [0.25, 0.3) is 0 Å². The summed E-state index contributed by atoms with van der Waals surface area (Å²) < 4.78 is 51.9. The van der Waals surface area contributed by atoms with E-state index >= 15 is 0 Å². The highest BCUT2D eigenvalue weighted by atomic mass is 19.1. The van der Waals surface area contributed by atoms with Crippen LogP contribution in [0.1, 0.15) is 59.1 Å². The van der Waals surface area contributed by atoms with E-state index in [0.717, 1.165) is 17.4 Å². The van der Waals surface area contributed by atoms with Crippen molar-refractivity contribution in [2.24, 2.45) is 0 Å². The minimum absolute atomic E-state index is 0.137. The highest BCUT2D eigenvalue weighted by molar-refractivity contribution is 5.75. The average molecular weight is 575 g/mol. The standard InChI is InChI=1S/C31H40F2N2O6/c1-19(36)35-27(14-21-12-22(32)15-23(33)13-21)28(40-31(35,5)6)26-16-25(17-34(26)29(37)41-30(2,3)4)39-18-20-8-10-24(38-7)11-9-20/h8-13,15,25-28H,14,16-18H2,1-7H3/t25-,26-,27+,28-/m1/s1. The van der Waals surface area contributed by atoms with Crippen molar-refractivity contribution in [2.45, 2.75) is 96.6 Å². The lowest BCUT2D eigenvalue weighted by atomic mass is 9.94. The third-order valence-electron chi connectivity index (χ3n) is 7.38. The Bertz CT molecular complexity index is 1230. The molecule has 0 aromatic heterocycles. The van der Waals surface area contributed by atoms with Gasteiger partial charge in [0.25, 0.3) is 0 Å². The van der Waals surface area contributed by atoms with Crippen LogP contribution in [0.15, 0.2) is 42.5 Å². The molecule has 2 aromatic carbocycles. The summed E-state index contributed by atoms with van der Waals surface area (Å²) >= 11 is 0. The fraction of sp³-hybridized carbons (Fsp3) is 0.548. The molecule has 4 rings (SSSR count). The van der Waals surface area contributed by atoms with Gasteiger partial charge in [-0.15, -0.1) is 0 Å². The molecule has 224 valence electrons. The first-order chi connectivity index (χ1) is 19.2. The fourth-order valence-electron chi connectivity index (χ4n) is 5.86. The number of rotatable bonds is 7. The zero-order valence-electron chi connectivity index (χ0n) is 24.8. The maximum atomic E-state index is 14.1. The van der Waals surface area contributed by atoms with Gasteiger partial charge in [-0.05, 0) is 82.9 Å². The zero-order chi connectivity index (χ0) is 30.1. The molecule has 2 heterocycles. The second-order valence-corrected chi connectivity index (χ2v) is 12.2. The van der Waals surface area contributed by atoms with Gasteiger partial charge in [-0.3, -0.25) is 9.69 Å². The number of halogens is 2. The summed E-state index contributed by atoms with van der Waals surface area (Å²) in [6.07, 6.45) is -0.951. The molecule has 4 atom stereocenters. The van der Waals surface area contributed by atoms with Gasteiger partial charge in [-0.2, -0.15) is 0 Å². The third-order valence-corrected chi connectivity index (χ3v) is 7.38. The van der Waals surface area contributed by atoms with Gasteiger partial charge >= 0.3 is 6.09 Å². The van der Waals surface area contributed by atoms with Gasteiger partial charge < -0.3 is 23.8 Å². The van der Waals surface area contributed by atoms with Crippen molar-refractivity contribution in [3.8, 4) is 5.75 Å². The molecule has 2 aromatic rings. The predicted octanol–water partition coefficient (Wildman–Crippen LogP) is 5.46. The van der Waals surface area contributed by atoms with Crippen molar-refractivity contribution in [1.29, 1.82) is 0 Å². The summed E-state index contributed by atoms with van der Waals surface area (Å²) in [6, 6.07) is 9.75. The molecule has 8 nitrogen and oxygen atoms in total. The summed E-state index contributed by atoms with van der Waals surface area (Å²) in [5, 5.41) is 0. The Hall–Kier alpha value is -3.24. The van der Waals surface area contributed by atoms with Crippen LogP contribution >= 0.6 is 0 Å². The smallest absolute Gasteiger partial charge is 0.410 e. The van der Waals surface area contributed by atoms with Crippen LogP contribution in [0, 0.1) is 11.6 Å². The van der Waals surface area contributed by atoms with Crippen molar-refractivity contribution in [3.63, 3.8) is 0 Å². The molecule has 0 bridgehead atoms. The quantitative estimate of drug-likeness (QED) is 0.437. The second kappa shape index (κ2) is 11.9. The first kappa shape index (κ1) is 30.7. The van der Waals surface area contributed by atoms with Crippen molar-refractivity contribution < 1.29 is 37.3 Å². The average Bonchev–Trinajstić information content (AvgIpc) is 3.39. The molecule has 0 radical (unpaired) electrons. The van der Waals surface area contributed by atoms with Gasteiger partial charge in [0, 0.05) is 13.0 Å². The van der Waals surface area contributed by atoms with Crippen LogP contribution in [0.3, 0.4) is 0 Å². The molecule has 0 aliphatic carbocycles. The van der Waals surface area contributed by atoms with E-state index in [4.69, 9.17) is 18.9 Å². The van der Waals surface area contributed by atoms with Crippen LogP contribution in [0.4, 0.5) is 13.6 Å². The van der Waals surface area contributed by atoms with Gasteiger partial charge in [0.1, 0.15) is 34.8 Å². The molecule has 0 spiro atoms. The predicted molar refractivity (Wildman–Crippen MR) is 148 cm³/mol. The van der Waals surface area contributed by atoms with Crippen molar-refractivity contribution in [1.82, 2.24) is 9.80 Å². The Morgan fingerprint density at radius 3 is 2.24 bits per heavy atom. The molecule has 2 aliphatic heterocycles. The minimum Gasteiger partial charge on any atom is -0.497 e. The van der Waals surface area contributed by atoms with Crippen molar-refractivity contribution >= 4 is 12.0 Å². The number of carbonyl (C=O) groups excluding carboxylic acids is 2. The molecule has 0 unspecified atom stereocenters.